The van der Waals surface area contributed by atoms with Crippen molar-refractivity contribution in [1.82, 2.24) is 19.6 Å². The van der Waals surface area contributed by atoms with Gasteiger partial charge in [-0.1, -0.05) is 18.2 Å². The first-order chi connectivity index (χ1) is 16.7. The maximum Gasteiger partial charge on any atom is 0.262 e. The first kappa shape index (κ1) is 24.7. The number of carbonyl (C=O) groups is 1. The standard InChI is InChI=1S/C24H27FN4O5S/c1-16-27-13-14-29(16)35(32,33)23(28-22(31)21-19(30)7-4-8-20(21)34-2)24(9-11-26-12-10-24)17-5-3-6-18(25)15-17/h3-8,13-15,23,26,30H,9-12H2,1-2H3,(H,28,31). The van der Waals surface area contributed by atoms with E-state index in [1.54, 1.807) is 13.0 Å². The number of carbonyl (C=O) groups excluding carboxylic acids is 1. The SMILES string of the molecule is COc1cccc(O)c1C(=O)NC(C1(c2cccc(F)c2)CCNCC1)S(=O)(=O)n1ccnc1C. The lowest BCUT2D eigenvalue weighted by Crippen LogP contribution is -2.59. The van der Waals surface area contributed by atoms with Crippen LogP contribution in [0.25, 0.3) is 0 Å². The van der Waals surface area contributed by atoms with E-state index in [9.17, 15) is 22.7 Å². The molecule has 0 aliphatic carbocycles. The van der Waals surface area contributed by atoms with E-state index in [4.69, 9.17) is 4.74 Å². The van der Waals surface area contributed by atoms with Crippen molar-refractivity contribution >= 4 is 15.9 Å². The summed E-state index contributed by atoms with van der Waals surface area (Å²) in [7, 11) is -2.95. The van der Waals surface area contributed by atoms with Gasteiger partial charge >= 0.3 is 0 Å². The van der Waals surface area contributed by atoms with Crippen LogP contribution in [-0.4, -0.2) is 54.0 Å². The summed E-state index contributed by atoms with van der Waals surface area (Å²) in [6.45, 7) is 2.46. The largest absolute Gasteiger partial charge is 0.507 e. The maximum absolute atomic E-state index is 14.4. The van der Waals surface area contributed by atoms with E-state index >= 15 is 0 Å². The number of imidazole rings is 1. The second-order valence-corrected chi connectivity index (χ2v) is 10.3. The maximum atomic E-state index is 14.4. The molecule has 9 nitrogen and oxygen atoms in total. The van der Waals surface area contributed by atoms with Gasteiger partial charge in [-0.25, -0.2) is 21.8 Å². The van der Waals surface area contributed by atoms with Crippen LogP contribution in [-0.2, 0) is 15.4 Å². The van der Waals surface area contributed by atoms with Crippen molar-refractivity contribution in [3.8, 4) is 11.5 Å². The van der Waals surface area contributed by atoms with Crippen LogP contribution in [0.5, 0.6) is 11.5 Å². The second kappa shape index (κ2) is 9.67. The van der Waals surface area contributed by atoms with Gasteiger partial charge < -0.3 is 20.5 Å². The molecule has 3 N–H and O–H groups in total. The highest BCUT2D eigenvalue weighted by Crippen LogP contribution is 2.41. The van der Waals surface area contributed by atoms with Gasteiger partial charge in [0.25, 0.3) is 15.9 Å². The molecule has 0 radical (unpaired) electrons. The number of piperidine rings is 1. The van der Waals surface area contributed by atoms with Crippen molar-refractivity contribution in [3.63, 3.8) is 0 Å². The van der Waals surface area contributed by atoms with Crippen LogP contribution in [0, 0.1) is 12.7 Å². The number of aromatic nitrogens is 2. The van der Waals surface area contributed by atoms with E-state index in [2.05, 4.69) is 15.6 Å². The summed E-state index contributed by atoms with van der Waals surface area (Å²) in [6, 6.07) is 10.1. The lowest BCUT2D eigenvalue weighted by atomic mass is 9.72. The average Bonchev–Trinajstić information content (AvgIpc) is 3.29. The lowest BCUT2D eigenvalue weighted by Gasteiger charge is -2.44. The fraction of sp³-hybridized carbons (Fsp3) is 0.333. The summed E-state index contributed by atoms with van der Waals surface area (Å²) >= 11 is 0. The number of hydrogen-bond donors (Lipinski definition) is 3. The topological polar surface area (TPSA) is 123 Å². The van der Waals surface area contributed by atoms with Gasteiger partial charge in [-0.05, 0) is 62.7 Å². The van der Waals surface area contributed by atoms with E-state index in [0.717, 1.165) is 3.97 Å². The number of aryl methyl sites for hydroxylation is 1. The summed E-state index contributed by atoms with van der Waals surface area (Å²) in [5.41, 5.74) is -0.910. The Labute approximate surface area is 203 Å². The first-order valence-corrected chi connectivity index (χ1v) is 12.6. The summed E-state index contributed by atoms with van der Waals surface area (Å²) in [5, 5.41) is 14.8. The number of hydrogen-bond acceptors (Lipinski definition) is 7. The third-order valence-electron chi connectivity index (χ3n) is 6.46. The molecule has 1 aliphatic heterocycles. The van der Waals surface area contributed by atoms with Gasteiger partial charge in [0.05, 0.1) is 7.11 Å². The molecule has 1 unspecified atom stereocenters. The molecule has 1 fully saturated rings. The molecule has 2 heterocycles. The number of rotatable bonds is 7. The zero-order valence-electron chi connectivity index (χ0n) is 19.4. The number of benzene rings is 2. The van der Waals surface area contributed by atoms with Gasteiger partial charge in [-0.2, -0.15) is 0 Å². The number of nitrogens with one attached hydrogen (secondary N) is 2. The number of aromatic hydroxyl groups is 1. The Hall–Kier alpha value is -3.44. The summed E-state index contributed by atoms with van der Waals surface area (Å²) in [6.07, 6.45) is 3.29. The first-order valence-electron chi connectivity index (χ1n) is 11.1. The normalized spacial score (nSPS) is 16.4. The Morgan fingerprint density at radius 2 is 1.97 bits per heavy atom. The van der Waals surface area contributed by atoms with E-state index in [1.165, 1.54) is 55.9 Å². The van der Waals surface area contributed by atoms with Crippen LogP contribution in [0.4, 0.5) is 4.39 Å². The Kier molecular flexibility index (Phi) is 6.82. The molecule has 1 atom stereocenters. The minimum absolute atomic E-state index is 0.0857. The highest BCUT2D eigenvalue weighted by Gasteiger charge is 2.50. The predicted molar refractivity (Wildman–Crippen MR) is 127 cm³/mol. The van der Waals surface area contributed by atoms with Crippen LogP contribution in [0.1, 0.15) is 34.6 Å². The number of phenols is 1. The highest BCUT2D eigenvalue weighted by molar-refractivity contribution is 7.90. The van der Waals surface area contributed by atoms with Crippen LogP contribution in [0.3, 0.4) is 0 Å². The van der Waals surface area contributed by atoms with E-state index in [0.29, 0.717) is 31.5 Å². The molecule has 4 rings (SSSR count). The van der Waals surface area contributed by atoms with Crippen molar-refractivity contribution in [2.24, 2.45) is 0 Å². The van der Waals surface area contributed by atoms with Gasteiger partial charge in [0.15, 0.2) is 5.37 Å². The number of methoxy groups -OCH3 is 1. The van der Waals surface area contributed by atoms with Crippen LogP contribution in [0.2, 0.25) is 0 Å². The predicted octanol–water partition coefficient (Wildman–Crippen LogP) is 2.30. The number of phenolic OH excluding ortho intramolecular Hbond substituents is 1. The van der Waals surface area contributed by atoms with Crippen molar-refractivity contribution < 1.29 is 27.4 Å². The quantitative estimate of drug-likeness (QED) is 0.453. The zero-order chi connectivity index (χ0) is 25.2. The summed E-state index contributed by atoms with van der Waals surface area (Å²) < 4.78 is 48.8. The molecule has 0 saturated carbocycles. The molecule has 11 heteroatoms. The molecular weight excluding hydrogens is 475 g/mol. The minimum Gasteiger partial charge on any atom is -0.507 e. The fourth-order valence-electron chi connectivity index (χ4n) is 4.73. The van der Waals surface area contributed by atoms with Gasteiger partial charge in [0.2, 0.25) is 0 Å². The van der Waals surface area contributed by atoms with Crippen molar-refractivity contribution in [2.75, 3.05) is 20.2 Å². The number of amides is 1. The van der Waals surface area contributed by atoms with Gasteiger partial charge in [0.1, 0.15) is 28.7 Å². The van der Waals surface area contributed by atoms with Gasteiger partial charge in [0, 0.05) is 17.8 Å². The minimum atomic E-state index is -4.29. The zero-order valence-corrected chi connectivity index (χ0v) is 20.2. The molecule has 0 spiro atoms. The van der Waals surface area contributed by atoms with E-state index < -0.39 is 32.5 Å². The molecule has 35 heavy (non-hydrogen) atoms. The molecule has 0 bridgehead atoms. The van der Waals surface area contributed by atoms with Gasteiger partial charge in [-0.15, -0.1) is 0 Å². The van der Waals surface area contributed by atoms with Crippen LogP contribution >= 0.6 is 0 Å². The molecule has 1 amide bonds. The Bertz CT molecular complexity index is 1340. The van der Waals surface area contributed by atoms with E-state index in [1.807, 2.05) is 0 Å². The van der Waals surface area contributed by atoms with Crippen molar-refractivity contribution in [1.29, 1.82) is 0 Å². The molecule has 1 saturated heterocycles. The summed E-state index contributed by atoms with van der Waals surface area (Å²) in [4.78, 5) is 17.5. The summed E-state index contributed by atoms with van der Waals surface area (Å²) in [5.74, 6) is -1.40. The number of nitrogens with zero attached hydrogens (tertiary/aromatic N) is 2. The number of ether oxygens (including phenoxy) is 1. The second-order valence-electron chi connectivity index (χ2n) is 8.44. The molecule has 1 aliphatic rings. The van der Waals surface area contributed by atoms with E-state index in [-0.39, 0.29) is 22.9 Å². The molecular formula is C24H27FN4O5S. The molecule has 1 aromatic heterocycles. The molecule has 3 aromatic rings. The third-order valence-corrected chi connectivity index (χ3v) is 8.56. The Balaban J connectivity index is 1.91. The average molecular weight is 503 g/mol. The van der Waals surface area contributed by atoms with Crippen LogP contribution in [0.15, 0.2) is 54.9 Å². The lowest BCUT2D eigenvalue weighted by molar-refractivity contribution is 0.0919. The smallest absolute Gasteiger partial charge is 0.262 e. The highest BCUT2D eigenvalue weighted by atomic mass is 32.2. The fourth-order valence-corrected chi connectivity index (χ4v) is 6.79. The Morgan fingerprint density at radius 3 is 2.60 bits per heavy atom. The van der Waals surface area contributed by atoms with Crippen molar-refractivity contribution in [3.05, 3.63) is 77.6 Å². The molecule has 186 valence electrons. The Morgan fingerprint density at radius 1 is 1.26 bits per heavy atom. The molecule has 2 aromatic carbocycles. The monoisotopic (exact) mass is 502 g/mol. The van der Waals surface area contributed by atoms with Crippen molar-refractivity contribution in [2.45, 2.75) is 30.6 Å². The number of halogens is 1. The third kappa shape index (κ3) is 4.48. The van der Waals surface area contributed by atoms with Gasteiger partial charge in [-0.3, -0.25) is 4.79 Å². The van der Waals surface area contributed by atoms with Crippen LogP contribution < -0.4 is 15.4 Å².